The number of aliphatic hydroxyl groups is 1. The first kappa shape index (κ1) is 9.99. The van der Waals surface area contributed by atoms with E-state index >= 15 is 0 Å². The van der Waals surface area contributed by atoms with Crippen LogP contribution in [-0.4, -0.2) is 10.9 Å². The molecule has 1 N–H and O–H groups in total. The Morgan fingerprint density at radius 1 is 1.50 bits per heavy atom. The van der Waals surface area contributed by atoms with Gasteiger partial charge in [-0.25, -0.2) is 4.39 Å². The number of rotatable bonds is 0. The lowest BCUT2D eigenvalue weighted by atomic mass is 9.97. The van der Waals surface area contributed by atoms with Crippen molar-refractivity contribution in [3.8, 4) is 0 Å². The fraction of sp³-hybridized carbons (Fsp3) is 0.455. The lowest BCUT2D eigenvalue weighted by Crippen LogP contribution is -2.04. The Labute approximate surface area is 87.3 Å². The molecule has 1 aliphatic rings. The molecule has 0 radical (unpaired) electrons. The molecule has 1 aromatic rings. The zero-order chi connectivity index (χ0) is 10.1. The van der Waals surface area contributed by atoms with Crippen LogP contribution in [0.1, 0.15) is 29.2 Å². The summed E-state index contributed by atoms with van der Waals surface area (Å²) in [4.78, 5) is 0. The molecule has 0 saturated heterocycles. The van der Waals surface area contributed by atoms with Gasteiger partial charge in [0.2, 0.25) is 0 Å². The van der Waals surface area contributed by atoms with Gasteiger partial charge in [-0.05, 0) is 36.3 Å². The molecule has 3 heteroatoms. The quantitative estimate of drug-likeness (QED) is 0.713. The van der Waals surface area contributed by atoms with Crippen molar-refractivity contribution in [3.63, 3.8) is 0 Å². The molecular formula is C11H13FOS. The SMILES string of the molecule is Cc1ccc(F)c2c1CSCC[C@H]2O. The summed E-state index contributed by atoms with van der Waals surface area (Å²) in [5, 5.41) is 9.79. The second-order valence-corrected chi connectivity index (χ2v) is 4.72. The average molecular weight is 212 g/mol. The van der Waals surface area contributed by atoms with Gasteiger partial charge in [-0.15, -0.1) is 0 Å². The van der Waals surface area contributed by atoms with Gasteiger partial charge in [0.15, 0.2) is 0 Å². The van der Waals surface area contributed by atoms with E-state index in [4.69, 9.17) is 0 Å². The van der Waals surface area contributed by atoms with Crippen LogP contribution in [0.15, 0.2) is 12.1 Å². The number of thioether (sulfide) groups is 1. The number of fused-ring (bicyclic) bond motifs is 1. The molecule has 1 aliphatic heterocycles. The molecule has 1 heterocycles. The Kier molecular flexibility index (Phi) is 2.79. The summed E-state index contributed by atoms with van der Waals surface area (Å²) in [6, 6.07) is 3.24. The molecule has 0 bridgehead atoms. The third kappa shape index (κ3) is 1.66. The summed E-state index contributed by atoms with van der Waals surface area (Å²) < 4.78 is 13.5. The molecule has 1 aromatic carbocycles. The van der Waals surface area contributed by atoms with Gasteiger partial charge in [-0.1, -0.05) is 6.07 Å². The lowest BCUT2D eigenvalue weighted by molar-refractivity contribution is 0.170. The summed E-state index contributed by atoms with van der Waals surface area (Å²) in [7, 11) is 0. The second-order valence-electron chi connectivity index (χ2n) is 3.61. The van der Waals surface area contributed by atoms with Crippen molar-refractivity contribution in [2.45, 2.75) is 25.2 Å². The standard InChI is InChI=1S/C11H13FOS/c1-7-2-3-9(12)11-8(7)6-14-5-4-10(11)13/h2-3,10,13H,4-6H2,1H3/t10-/m1/s1. The molecular weight excluding hydrogens is 199 g/mol. The van der Waals surface area contributed by atoms with E-state index in [9.17, 15) is 9.50 Å². The monoisotopic (exact) mass is 212 g/mol. The highest BCUT2D eigenvalue weighted by atomic mass is 32.2. The van der Waals surface area contributed by atoms with Crippen molar-refractivity contribution >= 4 is 11.8 Å². The molecule has 14 heavy (non-hydrogen) atoms. The van der Waals surface area contributed by atoms with E-state index in [2.05, 4.69) is 0 Å². The van der Waals surface area contributed by atoms with E-state index in [0.717, 1.165) is 22.6 Å². The second kappa shape index (κ2) is 3.91. The third-order valence-electron chi connectivity index (χ3n) is 2.65. The van der Waals surface area contributed by atoms with Gasteiger partial charge in [-0.3, -0.25) is 0 Å². The first-order valence-corrected chi connectivity index (χ1v) is 5.89. The molecule has 1 atom stereocenters. The summed E-state index contributed by atoms with van der Waals surface area (Å²) in [5.41, 5.74) is 2.59. The first-order chi connectivity index (χ1) is 6.70. The Morgan fingerprint density at radius 3 is 3.07 bits per heavy atom. The molecule has 0 amide bonds. The van der Waals surface area contributed by atoms with Crippen molar-refractivity contribution in [3.05, 3.63) is 34.6 Å². The van der Waals surface area contributed by atoms with Crippen LogP contribution < -0.4 is 0 Å². The number of benzene rings is 1. The maximum atomic E-state index is 13.5. The fourth-order valence-electron chi connectivity index (χ4n) is 1.81. The van der Waals surface area contributed by atoms with Crippen molar-refractivity contribution in [2.75, 3.05) is 5.75 Å². The van der Waals surface area contributed by atoms with E-state index in [-0.39, 0.29) is 5.82 Å². The van der Waals surface area contributed by atoms with Gasteiger partial charge in [0.05, 0.1) is 6.10 Å². The van der Waals surface area contributed by atoms with E-state index in [1.165, 1.54) is 6.07 Å². The molecule has 1 nitrogen and oxygen atoms in total. The average Bonchev–Trinajstić information content (AvgIpc) is 2.35. The Morgan fingerprint density at radius 2 is 2.29 bits per heavy atom. The predicted molar refractivity (Wildman–Crippen MR) is 56.9 cm³/mol. The maximum Gasteiger partial charge on any atom is 0.129 e. The van der Waals surface area contributed by atoms with Crippen LogP contribution in [0, 0.1) is 12.7 Å². The van der Waals surface area contributed by atoms with Gasteiger partial charge in [0, 0.05) is 11.3 Å². The number of aliphatic hydroxyl groups excluding tert-OH is 1. The van der Waals surface area contributed by atoms with Crippen LogP contribution in [0.4, 0.5) is 4.39 Å². The number of halogens is 1. The van der Waals surface area contributed by atoms with Crippen LogP contribution in [-0.2, 0) is 5.75 Å². The van der Waals surface area contributed by atoms with Crippen LogP contribution >= 0.6 is 11.8 Å². The highest BCUT2D eigenvalue weighted by Crippen LogP contribution is 2.33. The Hall–Kier alpha value is -0.540. The molecule has 0 fully saturated rings. The lowest BCUT2D eigenvalue weighted by Gasteiger charge is -2.14. The summed E-state index contributed by atoms with van der Waals surface area (Å²) in [6.45, 7) is 1.97. The van der Waals surface area contributed by atoms with Crippen molar-refractivity contribution in [2.24, 2.45) is 0 Å². The fourth-order valence-corrected chi connectivity index (χ4v) is 2.93. The van der Waals surface area contributed by atoms with Crippen molar-refractivity contribution in [1.82, 2.24) is 0 Å². The number of hydrogen-bond donors (Lipinski definition) is 1. The van der Waals surface area contributed by atoms with Gasteiger partial charge in [0.1, 0.15) is 5.82 Å². The van der Waals surface area contributed by atoms with E-state index in [1.54, 1.807) is 17.8 Å². The van der Waals surface area contributed by atoms with Crippen LogP contribution in [0.25, 0.3) is 0 Å². The van der Waals surface area contributed by atoms with Gasteiger partial charge >= 0.3 is 0 Å². The summed E-state index contributed by atoms with van der Waals surface area (Å²) >= 11 is 1.76. The molecule has 76 valence electrons. The van der Waals surface area contributed by atoms with Gasteiger partial charge < -0.3 is 5.11 Å². The summed E-state index contributed by atoms with van der Waals surface area (Å²) in [5.74, 6) is 1.45. The van der Waals surface area contributed by atoms with Gasteiger partial charge in [-0.2, -0.15) is 11.8 Å². The Balaban J connectivity index is 2.57. The molecule has 0 unspecified atom stereocenters. The number of hydrogen-bond acceptors (Lipinski definition) is 2. The van der Waals surface area contributed by atoms with Crippen molar-refractivity contribution in [1.29, 1.82) is 0 Å². The maximum absolute atomic E-state index is 13.5. The topological polar surface area (TPSA) is 20.2 Å². The zero-order valence-electron chi connectivity index (χ0n) is 8.09. The zero-order valence-corrected chi connectivity index (χ0v) is 8.90. The molecule has 0 aromatic heterocycles. The Bertz CT molecular complexity index is 351. The van der Waals surface area contributed by atoms with Gasteiger partial charge in [0.25, 0.3) is 0 Å². The first-order valence-electron chi connectivity index (χ1n) is 4.74. The van der Waals surface area contributed by atoms with Crippen molar-refractivity contribution < 1.29 is 9.50 Å². The summed E-state index contributed by atoms with van der Waals surface area (Å²) in [6.07, 6.45) is 0.0257. The molecule has 0 spiro atoms. The molecule has 0 aliphatic carbocycles. The van der Waals surface area contributed by atoms with E-state index in [1.807, 2.05) is 6.92 Å². The predicted octanol–water partition coefficient (Wildman–Crippen LogP) is 2.80. The minimum absolute atomic E-state index is 0.263. The van der Waals surface area contributed by atoms with Crippen LogP contribution in [0.5, 0.6) is 0 Å². The third-order valence-corrected chi connectivity index (χ3v) is 3.67. The normalized spacial score (nSPS) is 21.5. The molecule has 2 rings (SSSR count). The minimum atomic E-state index is -0.625. The van der Waals surface area contributed by atoms with E-state index < -0.39 is 6.10 Å². The van der Waals surface area contributed by atoms with Crippen LogP contribution in [0.3, 0.4) is 0 Å². The van der Waals surface area contributed by atoms with E-state index in [0.29, 0.717) is 12.0 Å². The highest BCUT2D eigenvalue weighted by Gasteiger charge is 2.21. The molecule has 0 saturated carbocycles. The largest absolute Gasteiger partial charge is 0.388 e. The minimum Gasteiger partial charge on any atom is -0.388 e. The number of aryl methyl sites for hydroxylation is 1. The smallest absolute Gasteiger partial charge is 0.129 e. The highest BCUT2D eigenvalue weighted by molar-refractivity contribution is 7.98. The van der Waals surface area contributed by atoms with Crippen LogP contribution in [0.2, 0.25) is 0 Å².